The maximum absolute atomic E-state index is 13.6. The second-order valence-electron chi connectivity index (χ2n) is 11.5. The summed E-state index contributed by atoms with van der Waals surface area (Å²) in [4.78, 5) is 30.8. The Morgan fingerprint density at radius 1 is 0.711 bits per heavy atom. The van der Waals surface area contributed by atoms with Crippen LogP contribution in [0.3, 0.4) is 0 Å². The van der Waals surface area contributed by atoms with Crippen LogP contribution in [0.1, 0.15) is 61.1 Å². The lowest BCUT2D eigenvalue weighted by atomic mass is 9.81. The first-order valence-electron chi connectivity index (χ1n) is 14.4. The molecule has 4 nitrogen and oxygen atoms in total. The molecule has 2 heterocycles. The Bertz CT molecular complexity index is 1250. The molecular formula is C34H38N2O2. The highest BCUT2D eigenvalue weighted by atomic mass is 16.2. The van der Waals surface area contributed by atoms with Crippen LogP contribution in [0.5, 0.6) is 0 Å². The molecule has 2 aliphatic heterocycles. The van der Waals surface area contributed by atoms with Crippen LogP contribution in [0.2, 0.25) is 0 Å². The van der Waals surface area contributed by atoms with Crippen molar-refractivity contribution in [2.45, 2.75) is 63.5 Å². The molecular weight excluding hydrogens is 468 g/mol. The van der Waals surface area contributed by atoms with Gasteiger partial charge >= 0.3 is 0 Å². The van der Waals surface area contributed by atoms with Gasteiger partial charge in [0.1, 0.15) is 6.04 Å². The summed E-state index contributed by atoms with van der Waals surface area (Å²) in [5, 5.41) is 0. The Morgan fingerprint density at radius 2 is 1.39 bits per heavy atom. The van der Waals surface area contributed by atoms with Gasteiger partial charge in [-0.2, -0.15) is 0 Å². The number of amides is 1. The summed E-state index contributed by atoms with van der Waals surface area (Å²) in [6.45, 7) is 2.87. The molecule has 3 aromatic rings. The SMILES string of the molecule is O=C1C(Cc2ccc(C3CCCCC3)cc2)CC(=O)N2CCN(Cc3ccc(-c4ccccc4)cc3)CC12. The molecule has 4 heteroatoms. The molecule has 3 aromatic carbocycles. The average Bonchev–Trinajstić information content (AvgIpc) is 2.97. The normalized spacial score (nSPS) is 22.9. The monoisotopic (exact) mass is 506 g/mol. The second-order valence-corrected chi connectivity index (χ2v) is 11.5. The zero-order valence-electron chi connectivity index (χ0n) is 22.2. The number of fused-ring (bicyclic) bond motifs is 1. The number of hydrogen-bond acceptors (Lipinski definition) is 3. The Hall–Kier alpha value is -3.24. The third-order valence-electron chi connectivity index (χ3n) is 8.94. The van der Waals surface area contributed by atoms with Gasteiger partial charge in [0.25, 0.3) is 0 Å². The summed E-state index contributed by atoms with van der Waals surface area (Å²) in [5.74, 6) is 0.858. The highest BCUT2D eigenvalue weighted by molar-refractivity contribution is 5.97. The first-order chi connectivity index (χ1) is 18.6. The average molecular weight is 507 g/mol. The summed E-state index contributed by atoms with van der Waals surface area (Å²) in [6, 6.07) is 27.7. The molecule has 2 unspecified atom stereocenters. The number of rotatable bonds is 6. The minimum Gasteiger partial charge on any atom is -0.330 e. The van der Waals surface area contributed by atoms with Gasteiger partial charge in [-0.1, -0.05) is 98.1 Å². The molecule has 38 heavy (non-hydrogen) atoms. The van der Waals surface area contributed by atoms with Gasteiger partial charge in [0.05, 0.1) is 0 Å². The van der Waals surface area contributed by atoms with Crippen LogP contribution in [0.4, 0.5) is 0 Å². The Labute approximate surface area is 226 Å². The number of hydrogen-bond donors (Lipinski definition) is 0. The molecule has 3 fully saturated rings. The van der Waals surface area contributed by atoms with E-state index in [0.29, 0.717) is 31.8 Å². The smallest absolute Gasteiger partial charge is 0.224 e. The maximum Gasteiger partial charge on any atom is 0.224 e. The third kappa shape index (κ3) is 5.47. The van der Waals surface area contributed by atoms with Crippen LogP contribution in [0, 0.1) is 5.92 Å². The molecule has 2 atom stereocenters. The Morgan fingerprint density at radius 3 is 2.13 bits per heavy atom. The van der Waals surface area contributed by atoms with E-state index in [1.54, 1.807) is 0 Å². The van der Waals surface area contributed by atoms with E-state index in [0.717, 1.165) is 13.1 Å². The van der Waals surface area contributed by atoms with Crippen molar-refractivity contribution in [3.05, 3.63) is 95.6 Å². The summed E-state index contributed by atoms with van der Waals surface area (Å²) in [6.07, 6.45) is 7.63. The van der Waals surface area contributed by atoms with Crippen molar-refractivity contribution in [2.24, 2.45) is 5.92 Å². The third-order valence-corrected chi connectivity index (χ3v) is 8.94. The number of carbonyl (C=O) groups excluding carboxylic acids is 2. The quantitative estimate of drug-likeness (QED) is 0.397. The van der Waals surface area contributed by atoms with Crippen molar-refractivity contribution in [3.8, 4) is 11.1 Å². The maximum atomic E-state index is 13.6. The van der Waals surface area contributed by atoms with Gasteiger partial charge in [-0.05, 0) is 53.0 Å². The van der Waals surface area contributed by atoms with Crippen molar-refractivity contribution in [1.82, 2.24) is 9.80 Å². The van der Waals surface area contributed by atoms with Gasteiger partial charge < -0.3 is 4.90 Å². The van der Waals surface area contributed by atoms with Crippen LogP contribution in [-0.2, 0) is 22.6 Å². The number of piperidine rings is 1. The highest BCUT2D eigenvalue weighted by Gasteiger charge is 2.43. The van der Waals surface area contributed by atoms with E-state index >= 15 is 0 Å². The molecule has 1 saturated carbocycles. The topological polar surface area (TPSA) is 40.6 Å². The van der Waals surface area contributed by atoms with Crippen molar-refractivity contribution in [2.75, 3.05) is 19.6 Å². The lowest BCUT2D eigenvalue weighted by molar-refractivity contribution is -0.152. The number of piperazine rings is 1. The van der Waals surface area contributed by atoms with E-state index < -0.39 is 0 Å². The molecule has 6 rings (SSSR count). The zero-order chi connectivity index (χ0) is 25.9. The van der Waals surface area contributed by atoms with Gasteiger partial charge in [0.2, 0.25) is 5.91 Å². The molecule has 2 saturated heterocycles. The van der Waals surface area contributed by atoms with Gasteiger partial charge in [-0.15, -0.1) is 0 Å². The van der Waals surface area contributed by atoms with Gasteiger partial charge in [-0.25, -0.2) is 0 Å². The van der Waals surface area contributed by atoms with E-state index in [1.165, 1.54) is 59.9 Å². The molecule has 0 spiro atoms. The fourth-order valence-corrected chi connectivity index (χ4v) is 6.74. The summed E-state index contributed by atoms with van der Waals surface area (Å²) >= 11 is 0. The largest absolute Gasteiger partial charge is 0.330 e. The van der Waals surface area contributed by atoms with Crippen molar-refractivity contribution in [1.29, 1.82) is 0 Å². The van der Waals surface area contributed by atoms with Crippen LogP contribution >= 0.6 is 0 Å². The van der Waals surface area contributed by atoms with Crippen molar-refractivity contribution in [3.63, 3.8) is 0 Å². The number of Topliss-reactive ketones (excluding diaryl/α,β-unsaturated/α-hetero) is 1. The number of benzene rings is 3. The lowest BCUT2D eigenvalue weighted by Crippen LogP contribution is -2.62. The minimum absolute atomic E-state index is 0.144. The van der Waals surface area contributed by atoms with E-state index in [-0.39, 0.29) is 23.7 Å². The minimum atomic E-state index is -0.319. The van der Waals surface area contributed by atoms with E-state index in [9.17, 15) is 9.59 Å². The first kappa shape index (κ1) is 25.1. The number of carbonyl (C=O) groups is 2. The zero-order valence-corrected chi connectivity index (χ0v) is 22.2. The standard InChI is InChI=1S/C34H38N2O2/c37-33-22-31(21-25-11-15-29(16-12-25)27-7-3-1-4-8-27)34(38)32-24-35(19-20-36(32)33)23-26-13-17-30(18-14-26)28-9-5-2-6-10-28/h2,5-6,9-18,27,31-32H,1,3-4,7-8,19-24H2. The molecule has 0 aromatic heterocycles. The van der Waals surface area contributed by atoms with Crippen LogP contribution < -0.4 is 0 Å². The molecule has 0 radical (unpaired) electrons. The Balaban J connectivity index is 1.08. The molecule has 0 bridgehead atoms. The summed E-state index contributed by atoms with van der Waals surface area (Å²) in [7, 11) is 0. The van der Waals surface area contributed by atoms with Gasteiger partial charge in [-0.3, -0.25) is 14.5 Å². The van der Waals surface area contributed by atoms with Crippen molar-refractivity contribution < 1.29 is 9.59 Å². The predicted molar refractivity (Wildman–Crippen MR) is 152 cm³/mol. The second kappa shape index (κ2) is 11.2. The predicted octanol–water partition coefficient (Wildman–Crippen LogP) is 6.25. The molecule has 3 aliphatic rings. The van der Waals surface area contributed by atoms with Crippen molar-refractivity contribution >= 4 is 11.7 Å². The molecule has 0 N–H and O–H groups in total. The van der Waals surface area contributed by atoms with Crippen LogP contribution in [0.15, 0.2) is 78.9 Å². The van der Waals surface area contributed by atoms with Crippen LogP contribution in [-0.4, -0.2) is 47.2 Å². The fraction of sp³-hybridized carbons (Fsp3) is 0.412. The lowest BCUT2D eigenvalue weighted by Gasteiger charge is -2.45. The fourth-order valence-electron chi connectivity index (χ4n) is 6.74. The summed E-state index contributed by atoms with van der Waals surface area (Å²) < 4.78 is 0. The van der Waals surface area contributed by atoms with Gasteiger partial charge in [0.15, 0.2) is 5.78 Å². The number of ketones is 1. The molecule has 1 amide bonds. The van der Waals surface area contributed by atoms with Gasteiger partial charge in [0, 0.05) is 38.5 Å². The van der Waals surface area contributed by atoms with E-state index in [1.807, 2.05) is 11.0 Å². The van der Waals surface area contributed by atoms with Crippen LogP contribution in [0.25, 0.3) is 11.1 Å². The molecule has 1 aliphatic carbocycles. The summed E-state index contributed by atoms with van der Waals surface area (Å²) in [5.41, 5.74) is 6.28. The van der Waals surface area contributed by atoms with E-state index in [2.05, 4.69) is 77.7 Å². The number of nitrogens with zero attached hydrogens (tertiary/aromatic N) is 2. The first-order valence-corrected chi connectivity index (χ1v) is 14.4. The highest BCUT2D eigenvalue weighted by Crippen LogP contribution is 2.33. The Kier molecular flexibility index (Phi) is 7.42. The van der Waals surface area contributed by atoms with E-state index in [4.69, 9.17) is 0 Å². The molecule has 196 valence electrons.